The van der Waals surface area contributed by atoms with Crippen molar-refractivity contribution in [1.82, 2.24) is 0 Å². The zero-order valence-electron chi connectivity index (χ0n) is 28.3. The van der Waals surface area contributed by atoms with Crippen molar-refractivity contribution in [2.45, 2.75) is 122 Å². The average Bonchev–Trinajstić information content (AvgIpc) is 3.07. The molecule has 0 heterocycles. The number of nitrogen functional groups attached to an aromatic ring is 2. The first-order valence-electron chi connectivity index (χ1n) is 17.9. The molecule has 45 heavy (non-hydrogen) atoms. The van der Waals surface area contributed by atoms with Crippen LogP contribution < -0.4 is 11.5 Å². The van der Waals surface area contributed by atoms with Gasteiger partial charge < -0.3 is 11.5 Å². The van der Waals surface area contributed by atoms with Crippen molar-refractivity contribution in [2.24, 2.45) is 0 Å². The summed E-state index contributed by atoms with van der Waals surface area (Å²) in [5.74, 6) is 1.22. The molecule has 0 spiro atoms. The van der Waals surface area contributed by atoms with E-state index < -0.39 is 0 Å². The summed E-state index contributed by atoms with van der Waals surface area (Å²) in [6.07, 6.45) is 16.6. The van der Waals surface area contributed by atoms with Crippen molar-refractivity contribution in [3.8, 4) is 0 Å². The molecule has 0 amide bonds. The summed E-state index contributed by atoms with van der Waals surface area (Å²) >= 11 is 0. The minimum Gasteiger partial charge on any atom is -0.399 e. The molecule has 0 bridgehead atoms. The minimum absolute atomic E-state index is 0.402. The molecule has 0 aliphatic heterocycles. The van der Waals surface area contributed by atoms with Crippen LogP contribution in [0, 0.1) is 0 Å². The molecule has 4 aromatic carbocycles. The van der Waals surface area contributed by atoms with Crippen LogP contribution in [0.4, 0.5) is 11.4 Å². The van der Waals surface area contributed by atoms with E-state index in [2.05, 4.69) is 93.6 Å². The van der Waals surface area contributed by atoms with Crippen LogP contribution in [0.5, 0.6) is 0 Å². The molecule has 4 N–H and O–H groups in total. The monoisotopic (exact) mass is 602 g/mol. The fourth-order valence-corrected chi connectivity index (χ4v) is 7.01. The topological polar surface area (TPSA) is 52.0 Å². The molecule has 0 radical (unpaired) electrons. The second-order valence-corrected chi connectivity index (χ2v) is 13.2. The number of rotatable bonds is 19. The normalized spacial score (nSPS) is 13.4. The Labute approximate surface area is 274 Å². The Morgan fingerprint density at radius 1 is 0.333 bits per heavy atom. The highest BCUT2D eigenvalue weighted by Gasteiger charge is 2.19. The molecule has 0 fully saturated rings. The Morgan fingerprint density at radius 2 is 0.600 bits per heavy atom. The first-order valence-corrected chi connectivity index (χ1v) is 17.9. The van der Waals surface area contributed by atoms with E-state index in [9.17, 15) is 0 Å². The molecule has 0 saturated heterocycles. The molecule has 0 aromatic heterocycles. The third kappa shape index (κ3) is 10.2. The van der Waals surface area contributed by atoms with E-state index in [0.29, 0.717) is 17.8 Å². The standard InChI is InChI=1S/C43H58N2/c1-4-7-8-9-10-11-12-13-16-43(35-21-17-33(18-22-35)41(14-5-2)37-25-29-39(44)30-26-37)36-23-19-34(20-24-36)42(15-6-3)38-27-31-40(45)32-28-38/h17-32,41-43H,4-16,44-45H2,1-3H3. The molecular weight excluding hydrogens is 544 g/mol. The molecule has 2 atom stereocenters. The number of unbranched alkanes of at least 4 members (excludes halogenated alkanes) is 7. The van der Waals surface area contributed by atoms with E-state index in [1.807, 2.05) is 24.3 Å². The highest BCUT2D eigenvalue weighted by atomic mass is 14.5. The molecule has 4 aromatic rings. The Morgan fingerprint density at radius 3 is 0.911 bits per heavy atom. The summed E-state index contributed by atoms with van der Waals surface area (Å²) in [5, 5.41) is 0. The van der Waals surface area contributed by atoms with Crippen molar-refractivity contribution < 1.29 is 0 Å². The number of hydrogen-bond donors (Lipinski definition) is 2. The van der Waals surface area contributed by atoms with Crippen molar-refractivity contribution in [1.29, 1.82) is 0 Å². The van der Waals surface area contributed by atoms with Gasteiger partial charge in [-0.15, -0.1) is 0 Å². The lowest BCUT2D eigenvalue weighted by Crippen LogP contribution is -2.06. The van der Waals surface area contributed by atoms with Gasteiger partial charge in [-0.1, -0.05) is 158 Å². The number of anilines is 2. The predicted octanol–water partition coefficient (Wildman–Crippen LogP) is 12.4. The molecule has 2 unspecified atom stereocenters. The van der Waals surface area contributed by atoms with Crippen LogP contribution in [0.15, 0.2) is 97.1 Å². The molecule has 240 valence electrons. The smallest absolute Gasteiger partial charge is 0.0314 e. The van der Waals surface area contributed by atoms with Crippen molar-refractivity contribution in [3.63, 3.8) is 0 Å². The van der Waals surface area contributed by atoms with E-state index in [1.54, 1.807) is 0 Å². The summed E-state index contributed by atoms with van der Waals surface area (Å²) in [5.41, 5.74) is 22.0. The van der Waals surface area contributed by atoms with E-state index in [-0.39, 0.29) is 0 Å². The molecule has 0 aliphatic rings. The number of benzene rings is 4. The second kappa shape index (κ2) is 18.4. The van der Waals surface area contributed by atoms with Crippen molar-refractivity contribution in [3.05, 3.63) is 130 Å². The highest BCUT2D eigenvalue weighted by Crippen LogP contribution is 2.36. The van der Waals surface area contributed by atoms with Crippen LogP contribution in [0.25, 0.3) is 0 Å². The summed E-state index contributed by atoms with van der Waals surface area (Å²) < 4.78 is 0. The largest absolute Gasteiger partial charge is 0.399 e. The SMILES string of the molecule is CCCCCCCCCCC(c1ccc(C(CCC)c2ccc(N)cc2)cc1)c1ccc(C(CCC)c2ccc(N)cc2)cc1. The Bertz CT molecular complexity index is 1250. The summed E-state index contributed by atoms with van der Waals surface area (Å²) in [4.78, 5) is 0. The lowest BCUT2D eigenvalue weighted by Gasteiger charge is -2.23. The van der Waals surface area contributed by atoms with Crippen LogP contribution in [-0.2, 0) is 0 Å². The van der Waals surface area contributed by atoms with Crippen molar-refractivity contribution in [2.75, 3.05) is 11.5 Å². The van der Waals surface area contributed by atoms with Gasteiger partial charge in [0.25, 0.3) is 0 Å². The zero-order valence-corrected chi connectivity index (χ0v) is 28.3. The van der Waals surface area contributed by atoms with Gasteiger partial charge in [0.1, 0.15) is 0 Å². The molecule has 2 heteroatoms. The Balaban J connectivity index is 1.55. The van der Waals surface area contributed by atoms with Crippen LogP contribution in [-0.4, -0.2) is 0 Å². The third-order valence-electron chi connectivity index (χ3n) is 9.66. The van der Waals surface area contributed by atoms with Gasteiger partial charge in [0.15, 0.2) is 0 Å². The summed E-state index contributed by atoms with van der Waals surface area (Å²) in [6.45, 7) is 6.85. The van der Waals surface area contributed by atoms with E-state index in [0.717, 1.165) is 37.1 Å². The molecule has 2 nitrogen and oxygen atoms in total. The van der Waals surface area contributed by atoms with Crippen molar-refractivity contribution >= 4 is 11.4 Å². The van der Waals surface area contributed by atoms with Gasteiger partial charge in [-0.05, 0) is 76.9 Å². The van der Waals surface area contributed by atoms with Crippen LogP contribution in [0.3, 0.4) is 0 Å². The molecule has 4 rings (SSSR count). The van der Waals surface area contributed by atoms with Gasteiger partial charge in [-0.25, -0.2) is 0 Å². The fraction of sp³-hybridized carbons (Fsp3) is 0.442. The quantitative estimate of drug-likeness (QED) is 0.0828. The lowest BCUT2D eigenvalue weighted by atomic mass is 9.82. The molecular formula is C43H58N2. The summed E-state index contributed by atoms with van der Waals surface area (Å²) in [6, 6.07) is 36.1. The van der Waals surface area contributed by atoms with E-state index >= 15 is 0 Å². The lowest BCUT2D eigenvalue weighted by molar-refractivity contribution is 0.551. The maximum Gasteiger partial charge on any atom is 0.0314 e. The predicted molar refractivity (Wildman–Crippen MR) is 197 cm³/mol. The number of nitrogens with two attached hydrogens (primary N) is 2. The summed E-state index contributed by atoms with van der Waals surface area (Å²) in [7, 11) is 0. The van der Waals surface area contributed by atoms with Gasteiger partial charge >= 0.3 is 0 Å². The second-order valence-electron chi connectivity index (χ2n) is 13.2. The van der Waals surface area contributed by atoms with E-state index in [4.69, 9.17) is 11.5 Å². The third-order valence-corrected chi connectivity index (χ3v) is 9.66. The number of hydrogen-bond acceptors (Lipinski definition) is 2. The minimum atomic E-state index is 0.402. The van der Waals surface area contributed by atoms with Crippen LogP contribution in [0.2, 0.25) is 0 Å². The zero-order chi connectivity index (χ0) is 31.9. The molecule has 0 saturated carbocycles. The Kier molecular flexibility index (Phi) is 14.1. The van der Waals surface area contributed by atoms with Gasteiger partial charge in [-0.3, -0.25) is 0 Å². The van der Waals surface area contributed by atoms with E-state index in [1.165, 1.54) is 91.2 Å². The van der Waals surface area contributed by atoms with Crippen LogP contribution >= 0.6 is 0 Å². The van der Waals surface area contributed by atoms with Gasteiger partial charge in [0.05, 0.1) is 0 Å². The molecule has 0 aliphatic carbocycles. The fourth-order valence-electron chi connectivity index (χ4n) is 7.01. The first-order chi connectivity index (χ1) is 22.0. The van der Waals surface area contributed by atoms with Gasteiger partial charge in [0, 0.05) is 29.1 Å². The van der Waals surface area contributed by atoms with Gasteiger partial charge in [0.2, 0.25) is 0 Å². The maximum absolute atomic E-state index is 6.01. The Hall–Kier alpha value is -3.52. The van der Waals surface area contributed by atoms with Gasteiger partial charge in [-0.2, -0.15) is 0 Å². The van der Waals surface area contributed by atoms with Crippen LogP contribution in [0.1, 0.15) is 155 Å². The maximum atomic E-state index is 6.01. The first kappa shape index (κ1) is 34.4. The highest BCUT2D eigenvalue weighted by molar-refractivity contribution is 5.45. The average molecular weight is 603 g/mol.